The highest BCUT2D eigenvalue weighted by Gasteiger charge is 2.25. The Morgan fingerprint density at radius 3 is 1.15 bits per heavy atom. The third-order valence-corrected chi connectivity index (χ3v) is 13.2. The third kappa shape index (κ3) is 17.8. The van der Waals surface area contributed by atoms with Crippen molar-refractivity contribution < 1.29 is 9.59 Å². The first-order chi connectivity index (χ1) is 33.5. The minimum absolute atomic E-state index is 0.167. The summed E-state index contributed by atoms with van der Waals surface area (Å²) in [4.78, 5) is 24.7. The van der Waals surface area contributed by atoms with Gasteiger partial charge in [0.25, 0.3) is 0 Å². The second-order valence-electron chi connectivity index (χ2n) is 18.5. The predicted molar refractivity (Wildman–Crippen MR) is 286 cm³/mol. The molecular weight excluding hydrogens is 831 g/mol. The smallest absolute Gasteiger partial charge is 0.164 e. The summed E-state index contributed by atoms with van der Waals surface area (Å²) in [5.41, 5.74) is 6.81. The molecule has 3 aliphatic rings. The van der Waals surface area contributed by atoms with E-state index in [4.69, 9.17) is 0 Å². The predicted octanol–water partition coefficient (Wildman–Crippen LogP) is 13.8. The van der Waals surface area contributed by atoms with Crippen LogP contribution < -0.4 is 16.0 Å². The molecule has 6 aromatic carbocycles. The Hall–Kier alpha value is -6.24. The van der Waals surface area contributed by atoms with Crippen molar-refractivity contribution in [2.24, 2.45) is 0 Å². The molecule has 0 spiro atoms. The van der Waals surface area contributed by atoms with Gasteiger partial charge in [-0.05, 0) is 80.0 Å². The lowest BCUT2D eigenvalue weighted by Gasteiger charge is -2.30. The highest BCUT2D eigenvalue weighted by molar-refractivity contribution is 5.97. The van der Waals surface area contributed by atoms with Crippen molar-refractivity contribution in [3.63, 3.8) is 0 Å². The van der Waals surface area contributed by atoms with E-state index >= 15 is 0 Å². The van der Waals surface area contributed by atoms with Gasteiger partial charge in [-0.2, -0.15) is 0 Å². The SMILES string of the molecule is C(=C\C1CCC[C@H](/C=C/c2ccccc2)N1)/c1ccccc1.C(=C\[C@@H]1CCCC(CCc2ccccc2)N1)/c1ccccc1.O=C(CC1CCC[C@H](CC(=O)c2ccccc2)N1)c1ccccc1. The van der Waals surface area contributed by atoms with Crippen LogP contribution in [0.2, 0.25) is 0 Å². The zero-order chi connectivity index (χ0) is 46.9. The number of rotatable bonds is 15. The van der Waals surface area contributed by atoms with Gasteiger partial charge in [0.1, 0.15) is 0 Å². The van der Waals surface area contributed by atoms with Crippen LogP contribution in [0.1, 0.15) is 120 Å². The number of hydrogen-bond donors (Lipinski definition) is 3. The molecule has 0 bridgehead atoms. The van der Waals surface area contributed by atoms with Crippen molar-refractivity contribution in [2.45, 2.75) is 120 Å². The van der Waals surface area contributed by atoms with Crippen molar-refractivity contribution in [1.82, 2.24) is 16.0 Å². The van der Waals surface area contributed by atoms with Gasteiger partial charge in [0, 0.05) is 60.2 Å². The Balaban J connectivity index is 0.000000151. The number of aryl methyl sites for hydroxylation is 1. The van der Waals surface area contributed by atoms with E-state index in [0.717, 1.165) is 30.4 Å². The molecule has 68 heavy (non-hydrogen) atoms. The number of benzene rings is 6. The van der Waals surface area contributed by atoms with Gasteiger partial charge in [0.05, 0.1) is 0 Å². The van der Waals surface area contributed by atoms with Gasteiger partial charge < -0.3 is 16.0 Å². The largest absolute Gasteiger partial charge is 0.310 e. The van der Waals surface area contributed by atoms with E-state index in [2.05, 4.69) is 174 Å². The number of ketones is 2. The number of nitrogens with one attached hydrogen (secondary N) is 3. The Labute approximate surface area is 406 Å². The van der Waals surface area contributed by atoms with E-state index in [0.29, 0.717) is 37.0 Å². The van der Waals surface area contributed by atoms with Crippen molar-refractivity contribution in [3.05, 3.63) is 234 Å². The van der Waals surface area contributed by atoms with E-state index in [-0.39, 0.29) is 23.7 Å². The first-order valence-electron chi connectivity index (χ1n) is 25.2. The first kappa shape index (κ1) is 49.7. The fraction of sp³-hybridized carbons (Fsp3) is 0.302. The Morgan fingerprint density at radius 2 is 0.721 bits per heavy atom. The lowest BCUT2D eigenvalue weighted by molar-refractivity contribution is 0.0941. The third-order valence-electron chi connectivity index (χ3n) is 13.2. The fourth-order valence-electron chi connectivity index (χ4n) is 9.46. The highest BCUT2D eigenvalue weighted by Crippen LogP contribution is 2.22. The van der Waals surface area contributed by atoms with Crippen LogP contribution in [0.3, 0.4) is 0 Å². The van der Waals surface area contributed by atoms with Gasteiger partial charge in [-0.15, -0.1) is 0 Å². The van der Waals surface area contributed by atoms with Crippen LogP contribution in [-0.2, 0) is 6.42 Å². The molecule has 5 heteroatoms. The molecule has 350 valence electrons. The molecule has 3 fully saturated rings. The summed E-state index contributed by atoms with van der Waals surface area (Å²) in [6.45, 7) is 0. The summed E-state index contributed by atoms with van der Waals surface area (Å²) in [5.74, 6) is 0.339. The molecule has 6 aromatic rings. The van der Waals surface area contributed by atoms with E-state index in [1.807, 2.05) is 60.7 Å². The number of piperidine rings is 3. The summed E-state index contributed by atoms with van der Waals surface area (Å²) in [6, 6.07) is 63.7. The highest BCUT2D eigenvalue weighted by atomic mass is 16.1. The van der Waals surface area contributed by atoms with E-state index < -0.39 is 0 Å². The van der Waals surface area contributed by atoms with Crippen LogP contribution in [0.4, 0.5) is 0 Å². The van der Waals surface area contributed by atoms with E-state index in [1.165, 1.54) is 73.6 Å². The maximum absolute atomic E-state index is 12.4. The van der Waals surface area contributed by atoms with Crippen LogP contribution in [0.15, 0.2) is 200 Å². The molecule has 0 saturated carbocycles. The molecule has 3 aliphatic heterocycles. The minimum Gasteiger partial charge on any atom is -0.310 e. The van der Waals surface area contributed by atoms with E-state index in [1.54, 1.807) is 0 Å². The number of hydrogen-bond acceptors (Lipinski definition) is 5. The number of carbonyl (C=O) groups excluding carboxylic acids is 2. The minimum atomic E-state index is 0.167. The monoisotopic (exact) mass is 902 g/mol. The standard InChI is InChI=1S/C21H23NO2.C21H25N.C21H23N/c23-20(16-8-3-1-4-9-16)14-18-12-7-13-19(22-18)15-21(24)17-10-5-2-6-11-17;2*1-3-8-18(9-4-1)14-16-20-12-7-13-21(22-20)17-15-19-10-5-2-6-11-19/h1-6,8-11,18-19,22H,7,12-15H2;1-6,8-11,14,16,20-22H,7,12-13,15,17H2;1-6,8-11,14-17,20-22H,7,12-13H2/b;16-14+;16-14+,17-15+/t18-,19?;2*20-,21?/m101/s1. The van der Waals surface area contributed by atoms with Gasteiger partial charge in [0.15, 0.2) is 11.6 Å². The topological polar surface area (TPSA) is 70.2 Å². The number of Topliss-reactive ketones (excluding diaryl/α,β-unsaturated/α-hetero) is 2. The number of carbonyl (C=O) groups is 2. The van der Waals surface area contributed by atoms with E-state index in [9.17, 15) is 9.59 Å². The van der Waals surface area contributed by atoms with Crippen LogP contribution in [-0.4, -0.2) is 47.8 Å². The molecule has 0 aromatic heterocycles. The van der Waals surface area contributed by atoms with Gasteiger partial charge in [-0.25, -0.2) is 0 Å². The lowest BCUT2D eigenvalue weighted by atomic mass is 9.90. The normalized spacial score (nSPS) is 21.6. The fourth-order valence-corrected chi connectivity index (χ4v) is 9.46. The molecule has 0 aliphatic carbocycles. The second kappa shape index (κ2) is 28.2. The zero-order valence-corrected chi connectivity index (χ0v) is 39.8. The van der Waals surface area contributed by atoms with Gasteiger partial charge in [0.2, 0.25) is 0 Å². The Bertz CT molecular complexity index is 2310. The zero-order valence-electron chi connectivity index (χ0n) is 39.8. The lowest BCUT2D eigenvalue weighted by Crippen LogP contribution is -2.44. The van der Waals surface area contributed by atoms with Gasteiger partial charge in [-0.3, -0.25) is 9.59 Å². The molecular formula is C63H71N3O2. The molecule has 5 nitrogen and oxygen atoms in total. The molecule has 9 rings (SSSR count). The molecule has 0 radical (unpaired) electrons. The van der Waals surface area contributed by atoms with Gasteiger partial charge >= 0.3 is 0 Å². The van der Waals surface area contributed by atoms with Crippen molar-refractivity contribution in [1.29, 1.82) is 0 Å². The Morgan fingerprint density at radius 1 is 0.382 bits per heavy atom. The van der Waals surface area contributed by atoms with Crippen molar-refractivity contribution in [2.75, 3.05) is 0 Å². The van der Waals surface area contributed by atoms with Gasteiger partial charge in [-0.1, -0.05) is 231 Å². The van der Waals surface area contributed by atoms with Crippen LogP contribution in [0, 0.1) is 0 Å². The summed E-state index contributed by atoms with van der Waals surface area (Å²) in [5, 5.41) is 11.0. The molecule has 3 heterocycles. The Kier molecular flexibility index (Phi) is 20.6. The summed E-state index contributed by atoms with van der Waals surface area (Å²) >= 11 is 0. The maximum atomic E-state index is 12.4. The van der Waals surface area contributed by atoms with Crippen LogP contribution in [0.25, 0.3) is 18.2 Å². The second-order valence-corrected chi connectivity index (χ2v) is 18.5. The molecule has 3 unspecified atom stereocenters. The first-order valence-corrected chi connectivity index (χ1v) is 25.2. The summed E-state index contributed by atoms with van der Waals surface area (Å²) in [6.07, 6.45) is 27.7. The van der Waals surface area contributed by atoms with Crippen molar-refractivity contribution in [3.8, 4) is 0 Å². The molecule has 3 saturated heterocycles. The maximum Gasteiger partial charge on any atom is 0.164 e. The molecule has 3 N–H and O–H groups in total. The molecule has 6 atom stereocenters. The summed E-state index contributed by atoms with van der Waals surface area (Å²) in [7, 11) is 0. The van der Waals surface area contributed by atoms with Crippen LogP contribution in [0.5, 0.6) is 0 Å². The summed E-state index contributed by atoms with van der Waals surface area (Å²) < 4.78 is 0. The molecule has 0 amide bonds. The van der Waals surface area contributed by atoms with Crippen LogP contribution >= 0.6 is 0 Å². The average Bonchev–Trinajstić information content (AvgIpc) is 3.41. The van der Waals surface area contributed by atoms with Crippen molar-refractivity contribution >= 4 is 29.8 Å². The quantitative estimate of drug-likeness (QED) is 0.0896. The average molecular weight is 902 g/mol.